The SMILES string of the molecule is CCCC(C)(NC(=O)C1CC1c1ccccc1)C(=O)OC. The minimum atomic E-state index is -0.926. The highest BCUT2D eigenvalue weighted by molar-refractivity contribution is 5.90. The molecular weight excluding hydrogens is 266 g/mol. The van der Waals surface area contributed by atoms with E-state index in [1.165, 1.54) is 12.7 Å². The first-order valence-corrected chi connectivity index (χ1v) is 7.47. The van der Waals surface area contributed by atoms with E-state index in [-0.39, 0.29) is 23.7 Å². The second-order valence-electron chi connectivity index (χ2n) is 5.92. The molecule has 1 N–H and O–H groups in total. The first-order valence-electron chi connectivity index (χ1n) is 7.47. The van der Waals surface area contributed by atoms with E-state index in [1.807, 2.05) is 37.3 Å². The topological polar surface area (TPSA) is 55.4 Å². The van der Waals surface area contributed by atoms with Gasteiger partial charge in [0.15, 0.2) is 0 Å². The van der Waals surface area contributed by atoms with Crippen molar-refractivity contribution in [1.82, 2.24) is 5.32 Å². The van der Waals surface area contributed by atoms with Crippen LogP contribution in [-0.2, 0) is 14.3 Å². The third kappa shape index (κ3) is 3.43. The lowest BCUT2D eigenvalue weighted by molar-refractivity contribution is -0.150. The standard InChI is InChI=1S/C17H23NO3/c1-4-10-17(2,16(20)21-3)18-15(19)14-11-13(14)12-8-6-5-7-9-12/h5-9,13-14H,4,10-11H2,1-3H3,(H,18,19). The van der Waals surface area contributed by atoms with Crippen molar-refractivity contribution >= 4 is 11.9 Å². The van der Waals surface area contributed by atoms with Crippen LogP contribution in [0.2, 0.25) is 0 Å². The van der Waals surface area contributed by atoms with Gasteiger partial charge < -0.3 is 10.1 Å². The summed E-state index contributed by atoms with van der Waals surface area (Å²) < 4.78 is 4.83. The summed E-state index contributed by atoms with van der Waals surface area (Å²) in [5.41, 5.74) is 0.262. The fourth-order valence-corrected chi connectivity index (χ4v) is 2.86. The molecule has 4 heteroatoms. The van der Waals surface area contributed by atoms with Crippen LogP contribution < -0.4 is 5.32 Å². The highest BCUT2D eigenvalue weighted by atomic mass is 16.5. The van der Waals surface area contributed by atoms with Crippen LogP contribution in [0.1, 0.15) is 44.6 Å². The van der Waals surface area contributed by atoms with Gasteiger partial charge in [-0.15, -0.1) is 0 Å². The number of amides is 1. The molecule has 1 aromatic rings. The van der Waals surface area contributed by atoms with Crippen LogP contribution in [0, 0.1) is 5.92 Å². The number of esters is 1. The summed E-state index contributed by atoms with van der Waals surface area (Å²) in [5, 5.41) is 2.89. The van der Waals surface area contributed by atoms with Crippen molar-refractivity contribution in [2.75, 3.05) is 7.11 Å². The molecule has 1 aromatic carbocycles. The van der Waals surface area contributed by atoms with E-state index in [0.717, 1.165) is 12.8 Å². The number of rotatable bonds is 6. The molecule has 3 atom stereocenters. The van der Waals surface area contributed by atoms with Crippen LogP contribution in [0.3, 0.4) is 0 Å². The molecule has 3 unspecified atom stereocenters. The Bertz CT molecular complexity index is 514. The molecule has 1 aliphatic carbocycles. The molecule has 0 aliphatic heterocycles. The maximum atomic E-state index is 12.4. The first kappa shape index (κ1) is 15.5. The van der Waals surface area contributed by atoms with Crippen molar-refractivity contribution in [3.63, 3.8) is 0 Å². The van der Waals surface area contributed by atoms with E-state index in [2.05, 4.69) is 5.32 Å². The van der Waals surface area contributed by atoms with Gasteiger partial charge >= 0.3 is 5.97 Å². The number of benzene rings is 1. The number of ether oxygens (including phenoxy) is 1. The van der Waals surface area contributed by atoms with Gasteiger partial charge in [0.2, 0.25) is 5.91 Å². The first-order chi connectivity index (χ1) is 10.0. The summed E-state index contributed by atoms with van der Waals surface area (Å²) in [6.45, 7) is 3.72. The molecular formula is C17H23NO3. The molecule has 2 rings (SSSR count). The Morgan fingerprint density at radius 1 is 1.33 bits per heavy atom. The molecule has 0 radical (unpaired) electrons. The second-order valence-corrected chi connectivity index (χ2v) is 5.92. The zero-order valence-corrected chi connectivity index (χ0v) is 12.9. The molecule has 114 valence electrons. The lowest BCUT2D eigenvalue weighted by atomic mass is 9.95. The summed E-state index contributed by atoms with van der Waals surface area (Å²) in [5.74, 6) is -0.192. The van der Waals surface area contributed by atoms with Crippen LogP contribution in [0.4, 0.5) is 0 Å². The minimum Gasteiger partial charge on any atom is -0.467 e. The van der Waals surface area contributed by atoms with E-state index in [4.69, 9.17) is 4.74 Å². The van der Waals surface area contributed by atoms with Crippen molar-refractivity contribution < 1.29 is 14.3 Å². The molecule has 0 bridgehead atoms. The van der Waals surface area contributed by atoms with Crippen molar-refractivity contribution in [3.8, 4) is 0 Å². The molecule has 0 aromatic heterocycles. The molecule has 4 nitrogen and oxygen atoms in total. The van der Waals surface area contributed by atoms with Crippen molar-refractivity contribution in [2.45, 2.75) is 44.6 Å². The highest BCUT2D eigenvalue weighted by Gasteiger charge is 2.47. The minimum absolute atomic E-state index is 0.0340. The summed E-state index contributed by atoms with van der Waals surface area (Å²) >= 11 is 0. The lowest BCUT2D eigenvalue weighted by Gasteiger charge is -2.27. The van der Waals surface area contributed by atoms with Gasteiger partial charge in [-0.1, -0.05) is 43.7 Å². The smallest absolute Gasteiger partial charge is 0.331 e. The predicted molar refractivity (Wildman–Crippen MR) is 80.8 cm³/mol. The van der Waals surface area contributed by atoms with Gasteiger partial charge in [-0.25, -0.2) is 4.79 Å². The fraction of sp³-hybridized carbons (Fsp3) is 0.529. The van der Waals surface area contributed by atoms with E-state index in [1.54, 1.807) is 6.92 Å². The van der Waals surface area contributed by atoms with Crippen molar-refractivity contribution in [1.29, 1.82) is 0 Å². The highest BCUT2D eigenvalue weighted by Crippen LogP contribution is 2.47. The van der Waals surface area contributed by atoms with E-state index in [0.29, 0.717) is 6.42 Å². The van der Waals surface area contributed by atoms with Gasteiger partial charge in [-0.2, -0.15) is 0 Å². The zero-order chi connectivity index (χ0) is 15.5. The summed E-state index contributed by atoms with van der Waals surface area (Å²) in [7, 11) is 1.35. The average Bonchev–Trinajstić information content (AvgIpc) is 3.28. The molecule has 0 spiro atoms. The van der Waals surface area contributed by atoms with Gasteiger partial charge in [0.05, 0.1) is 7.11 Å². The maximum absolute atomic E-state index is 12.4. The maximum Gasteiger partial charge on any atom is 0.331 e. The van der Waals surface area contributed by atoms with Crippen LogP contribution >= 0.6 is 0 Å². The lowest BCUT2D eigenvalue weighted by Crippen LogP contribution is -2.53. The van der Waals surface area contributed by atoms with E-state index < -0.39 is 5.54 Å². The molecule has 21 heavy (non-hydrogen) atoms. The molecule has 1 amide bonds. The van der Waals surface area contributed by atoms with Crippen molar-refractivity contribution in [3.05, 3.63) is 35.9 Å². The summed E-state index contributed by atoms with van der Waals surface area (Å²) in [6.07, 6.45) is 2.23. The van der Waals surface area contributed by atoms with E-state index >= 15 is 0 Å². The van der Waals surface area contributed by atoms with Gasteiger partial charge in [-0.05, 0) is 31.2 Å². The number of carbonyl (C=O) groups is 2. The third-order valence-corrected chi connectivity index (χ3v) is 4.14. The number of carbonyl (C=O) groups excluding carboxylic acids is 2. The Labute approximate surface area is 125 Å². The zero-order valence-electron chi connectivity index (χ0n) is 12.9. The number of methoxy groups -OCH3 is 1. The van der Waals surface area contributed by atoms with Crippen LogP contribution in [0.25, 0.3) is 0 Å². The normalized spacial score (nSPS) is 23.0. The number of hydrogen-bond donors (Lipinski definition) is 1. The summed E-state index contributed by atoms with van der Waals surface area (Å²) in [6, 6.07) is 10.0. The third-order valence-electron chi connectivity index (χ3n) is 4.14. The molecule has 0 heterocycles. The fourth-order valence-electron chi connectivity index (χ4n) is 2.86. The molecule has 1 aliphatic rings. The Morgan fingerprint density at radius 3 is 2.57 bits per heavy atom. The van der Waals surface area contributed by atoms with Crippen LogP contribution in [0.5, 0.6) is 0 Å². The second kappa shape index (κ2) is 6.29. The molecule has 0 saturated heterocycles. The number of hydrogen-bond acceptors (Lipinski definition) is 3. The van der Waals surface area contributed by atoms with Gasteiger partial charge in [0.1, 0.15) is 5.54 Å². The Kier molecular flexibility index (Phi) is 4.66. The monoisotopic (exact) mass is 289 g/mol. The van der Waals surface area contributed by atoms with Crippen LogP contribution in [0.15, 0.2) is 30.3 Å². The Hall–Kier alpha value is -1.84. The number of nitrogens with one attached hydrogen (secondary N) is 1. The van der Waals surface area contributed by atoms with Gasteiger partial charge in [0.25, 0.3) is 0 Å². The predicted octanol–water partition coefficient (Wildman–Crippen LogP) is 2.64. The Morgan fingerprint density at radius 2 is 2.00 bits per heavy atom. The largest absolute Gasteiger partial charge is 0.467 e. The quantitative estimate of drug-likeness (QED) is 0.819. The Balaban J connectivity index is 2.00. The van der Waals surface area contributed by atoms with Crippen LogP contribution in [-0.4, -0.2) is 24.5 Å². The average molecular weight is 289 g/mol. The molecule has 1 saturated carbocycles. The van der Waals surface area contributed by atoms with Gasteiger partial charge in [-0.3, -0.25) is 4.79 Å². The van der Waals surface area contributed by atoms with Crippen molar-refractivity contribution in [2.24, 2.45) is 5.92 Å². The summed E-state index contributed by atoms with van der Waals surface area (Å²) in [4.78, 5) is 24.3. The molecule has 1 fully saturated rings. The van der Waals surface area contributed by atoms with E-state index in [9.17, 15) is 9.59 Å². The van der Waals surface area contributed by atoms with Gasteiger partial charge in [0, 0.05) is 5.92 Å².